The first kappa shape index (κ1) is 24.8. The normalized spacial score (nSPS) is 14.7. The van der Waals surface area contributed by atoms with Crippen LogP contribution in [-0.4, -0.2) is 46.5 Å². The highest BCUT2D eigenvalue weighted by molar-refractivity contribution is 6.04. The van der Waals surface area contributed by atoms with E-state index in [0.29, 0.717) is 23.6 Å². The van der Waals surface area contributed by atoms with Gasteiger partial charge in [-0.2, -0.15) is 0 Å². The van der Waals surface area contributed by atoms with Crippen LogP contribution >= 0.6 is 0 Å². The molecule has 9 nitrogen and oxygen atoms in total. The molecule has 0 atom stereocenters. The Labute approximate surface area is 199 Å². The van der Waals surface area contributed by atoms with Gasteiger partial charge in [0.1, 0.15) is 12.3 Å². The van der Waals surface area contributed by atoms with Gasteiger partial charge in [0.2, 0.25) is 0 Å². The van der Waals surface area contributed by atoms with Gasteiger partial charge >= 0.3 is 12.0 Å². The van der Waals surface area contributed by atoms with Crippen LogP contribution in [0.3, 0.4) is 0 Å². The number of aryl methyl sites for hydroxylation is 2. The van der Waals surface area contributed by atoms with E-state index in [9.17, 15) is 14.4 Å². The first-order valence-corrected chi connectivity index (χ1v) is 11.1. The fourth-order valence-corrected chi connectivity index (χ4v) is 3.60. The maximum absolute atomic E-state index is 13.2. The number of allylic oxidation sites excluding steroid dienone is 2. The van der Waals surface area contributed by atoms with Crippen LogP contribution in [0.5, 0.6) is 0 Å². The number of nitrogens with zero attached hydrogens (tertiary/aromatic N) is 3. The van der Waals surface area contributed by atoms with Gasteiger partial charge in [0.05, 0.1) is 24.1 Å². The predicted octanol–water partition coefficient (Wildman–Crippen LogP) is 3.83. The minimum absolute atomic E-state index is 0.0541. The molecule has 3 rings (SSSR count). The Morgan fingerprint density at radius 3 is 2.71 bits per heavy atom. The van der Waals surface area contributed by atoms with Crippen LogP contribution in [-0.2, 0) is 22.6 Å². The van der Waals surface area contributed by atoms with E-state index in [0.717, 1.165) is 28.8 Å². The van der Waals surface area contributed by atoms with Crippen molar-refractivity contribution in [3.63, 3.8) is 0 Å². The lowest BCUT2D eigenvalue weighted by Crippen LogP contribution is -2.32. The maximum atomic E-state index is 13.2. The van der Waals surface area contributed by atoms with E-state index >= 15 is 0 Å². The summed E-state index contributed by atoms with van der Waals surface area (Å²) in [5, 5.41) is 7.13. The highest BCUT2D eigenvalue weighted by Crippen LogP contribution is 2.22. The number of nitrogens with one attached hydrogen (secondary N) is 1. The fraction of sp³-hybridized carbons (Fsp3) is 0.360. The number of urea groups is 1. The topological polar surface area (TPSA) is 105 Å². The lowest BCUT2D eigenvalue weighted by atomic mass is 10.1. The number of esters is 1. The molecule has 3 amide bonds. The first-order chi connectivity index (χ1) is 16.2. The molecule has 1 fully saturated rings. The van der Waals surface area contributed by atoms with E-state index in [-0.39, 0.29) is 19.0 Å². The van der Waals surface area contributed by atoms with E-state index in [1.165, 1.54) is 16.9 Å². The molecule has 1 aromatic carbocycles. The zero-order chi connectivity index (χ0) is 24.8. The smallest absolute Gasteiger partial charge is 0.337 e. The van der Waals surface area contributed by atoms with E-state index in [4.69, 9.17) is 9.26 Å². The van der Waals surface area contributed by atoms with Crippen LogP contribution in [0, 0.1) is 13.8 Å². The second kappa shape index (κ2) is 10.8. The highest BCUT2D eigenvalue weighted by Gasteiger charge is 2.37. The number of amides is 3. The molecule has 2 aromatic rings. The van der Waals surface area contributed by atoms with Crippen molar-refractivity contribution in [2.75, 3.05) is 13.7 Å². The summed E-state index contributed by atoms with van der Waals surface area (Å²) in [7, 11) is 1.31. The molecule has 180 valence electrons. The Morgan fingerprint density at radius 1 is 1.29 bits per heavy atom. The second-order valence-electron chi connectivity index (χ2n) is 8.16. The van der Waals surface area contributed by atoms with Gasteiger partial charge in [-0.05, 0) is 51.0 Å². The van der Waals surface area contributed by atoms with Crippen molar-refractivity contribution in [1.29, 1.82) is 0 Å². The van der Waals surface area contributed by atoms with Gasteiger partial charge in [-0.1, -0.05) is 29.8 Å². The van der Waals surface area contributed by atoms with Crippen molar-refractivity contribution < 1.29 is 23.6 Å². The van der Waals surface area contributed by atoms with Crippen molar-refractivity contribution >= 4 is 17.9 Å². The fourth-order valence-electron chi connectivity index (χ4n) is 3.60. The van der Waals surface area contributed by atoms with Crippen LogP contribution in [0.1, 0.15) is 53.2 Å². The largest absolute Gasteiger partial charge is 0.465 e. The first-order valence-electron chi connectivity index (χ1n) is 11.1. The van der Waals surface area contributed by atoms with Crippen LogP contribution in [0.4, 0.5) is 4.79 Å². The number of benzene rings is 1. The van der Waals surface area contributed by atoms with E-state index in [2.05, 4.69) is 10.5 Å². The lowest BCUT2D eigenvalue weighted by molar-refractivity contribution is -0.123. The molecule has 2 heterocycles. The van der Waals surface area contributed by atoms with E-state index in [1.807, 2.05) is 33.8 Å². The van der Waals surface area contributed by atoms with Crippen LogP contribution < -0.4 is 5.32 Å². The molecule has 1 aliphatic heterocycles. The van der Waals surface area contributed by atoms with Crippen molar-refractivity contribution in [3.8, 4) is 0 Å². The van der Waals surface area contributed by atoms with Gasteiger partial charge in [0.15, 0.2) is 0 Å². The maximum Gasteiger partial charge on any atom is 0.337 e. The third-order valence-electron chi connectivity index (χ3n) is 5.68. The summed E-state index contributed by atoms with van der Waals surface area (Å²) in [5.41, 5.74) is 4.32. The Kier molecular flexibility index (Phi) is 7.88. The van der Waals surface area contributed by atoms with E-state index in [1.54, 1.807) is 30.5 Å². The molecule has 0 bridgehead atoms. The molecule has 1 aromatic heterocycles. The summed E-state index contributed by atoms with van der Waals surface area (Å²) in [6, 6.07) is 6.41. The average Bonchev–Trinajstić information content (AvgIpc) is 3.29. The van der Waals surface area contributed by atoms with Crippen molar-refractivity contribution in [3.05, 3.63) is 76.0 Å². The number of rotatable bonds is 9. The Hall–Kier alpha value is -3.88. The third-order valence-corrected chi connectivity index (χ3v) is 5.68. The molecule has 0 saturated carbocycles. The molecule has 1 N–H and O–H groups in total. The lowest BCUT2D eigenvalue weighted by Gasteiger charge is -2.19. The third kappa shape index (κ3) is 5.54. The van der Waals surface area contributed by atoms with E-state index < -0.39 is 12.0 Å². The van der Waals surface area contributed by atoms with Crippen molar-refractivity contribution in [2.45, 2.75) is 47.2 Å². The molecular formula is C25H30N4O5. The van der Waals surface area contributed by atoms with Gasteiger partial charge in [-0.15, -0.1) is 0 Å². The Balaban J connectivity index is 1.80. The molecule has 34 heavy (non-hydrogen) atoms. The predicted molar refractivity (Wildman–Crippen MR) is 125 cm³/mol. The average molecular weight is 467 g/mol. The SMILES string of the molecule is CC/C(C)=C/C(=C\NCc1c(C)noc1C)N1C(=O)CN(Cc2cccc(C(=O)OC)c2)C1=O. The van der Waals surface area contributed by atoms with Crippen LogP contribution in [0.15, 0.2) is 52.3 Å². The second-order valence-corrected chi connectivity index (χ2v) is 8.16. The highest BCUT2D eigenvalue weighted by atomic mass is 16.5. The van der Waals surface area contributed by atoms with Crippen LogP contribution in [0.25, 0.3) is 0 Å². The molecule has 1 aliphatic rings. The Morgan fingerprint density at radius 2 is 2.06 bits per heavy atom. The minimum Gasteiger partial charge on any atom is -0.465 e. The number of hydrogen-bond donors (Lipinski definition) is 1. The van der Waals surface area contributed by atoms with Gasteiger partial charge < -0.3 is 19.5 Å². The molecular weight excluding hydrogens is 436 g/mol. The van der Waals surface area contributed by atoms with Crippen molar-refractivity contribution in [2.24, 2.45) is 0 Å². The Bertz CT molecular complexity index is 1130. The van der Waals surface area contributed by atoms with Gasteiger partial charge in [0, 0.05) is 24.9 Å². The van der Waals surface area contributed by atoms with Gasteiger partial charge in [0.25, 0.3) is 5.91 Å². The number of carbonyl (C=O) groups excluding carboxylic acids is 3. The summed E-state index contributed by atoms with van der Waals surface area (Å²) in [4.78, 5) is 40.6. The minimum atomic E-state index is -0.456. The van der Waals surface area contributed by atoms with Crippen LogP contribution in [0.2, 0.25) is 0 Å². The number of imide groups is 1. The van der Waals surface area contributed by atoms with Crippen molar-refractivity contribution in [1.82, 2.24) is 20.3 Å². The zero-order valence-electron chi connectivity index (χ0n) is 20.2. The summed E-state index contributed by atoms with van der Waals surface area (Å²) in [6.07, 6.45) is 4.28. The van der Waals surface area contributed by atoms with Gasteiger partial charge in [-0.3, -0.25) is 4.79 Å². The van der Waals surface area contributed by atoms with Gasteiger partial charge in [-0.25, -0.2) is 14.5 Å². The number of methoxy groups -OCH3 is 1. The molecule has 0 radical (unpaired) electrons. The summed E-state index contributed by atoms with van der Waals surface area (Å²) in [5.74, 6) is -0.0596. The molecule has 0 unspecified atom stereocenters. The number of aromatic nitrogens is 1. The number of hydrogen-bond acceptors (Lipinski definition) is 7. The molecule has 9 heteroatoms. The number of carbonyl (C=O) groups is 3. The molecule has 0 aliphatic carbocycles. The standard InChI is InChI=1S/C25H30N4O5/c1-6-16(2)10-21(12-26-13-22-17(3)27-34-18(22)4)29-23(30)15-28(25(29)32)14-19-8-7-9-20(11-19)24(31)33-5/h7-12,26H,6,13-15H2,1-5H3/b16-10+,21-12+. The molecule has 0 spiro atoms. The monoisotopic (exact) mass is 466 g/mol. The zero-order valence-corrected chi connectivity index (χ0v) is 20.2. The number of ether oxygens (including phenoxy) is 1. The summed E-state index contributed by atoms with van der Waals surface area (Å²) in [6.45, 7) is 8.25. The quantitative estimate of drug-likeness (QED) is 0.340. The summed E-state index contributed by atoms with van der Waals surface area (Å²) >= 11 is 0. The summed E-state index contributed by atoms with van der Waals surface area (Å²) < 4.78 is 9.95. The molecule has 1 saturated heterocycles.